The van der Waals surface area contributed by atoms with E-state index in [0.29, 0.717) is 23.2 Å². The Kier molecular flexibility index (Phi) is 7.64. The second-order valence-electron chi connectivity index (χ2n) is 8.17. The Labute approximate surface area is 215 Å². The van der Waals surface area contributed by atoms with Crippen molar-refractivity contribution in [3.63, 3.8) is 0 Å². The van der Waals surface area contributed by atoms with Gasteiger partial charge in [-0.15, -0.1) is 0 Å². The van der Waals surface area contributed by atoms with Crippen molar-refractivity contribution in [1.29, 1.82) is 0 Å². The summed E-state index contributed by atoms with van der Waals surface area (Å²) in [7, 11) is 0. The molecule has 0 bridgehead atoms. The third-order valence-corrected chi connectivity index (χ3v) is 5.78. The van der Waals surface area contributed by atoms with Crippen molar-refractivity contribution >= 4 is 40.7 Å². The van der Waals surface area contributed by atoms with Gasteiger partial charge in [0.15, 0.2) is 0 Å². The first-order chi connectivity index (χ1) is 17.5. The molecule has 0 saturated carbocycles. The number of nitro benzene ring substituents is 1. The average molecular weight is 567 g/mol. The van der Waals surface area contributed by atoms with E-state index in [4.69, 9.17) is 16.3 Å². The van der Waals surface area contributed by atoms with Crippen molar-refractivity contribution in [3.8, 4) is 0 Å². The number of hydrogen-bond donors (Lipinski definition) is 1. The summed E-state index contributed by atoms with van der Waals surface area (Å²) in [4.78, 5) is 35.5. The summed E-state index contributed by atoms with van der Waals surface area (Å²) in [6, 6.07) is 3.21. The standard InChI is InChI=1S/C22H17ClF6N4O5/c1-3-38-18(34)20(2)10-32(31-17(20)11-4-6-13(15(23)8-11)21(24,25)26)19(35)30-12-5-7-14(22(27,28)29)16(9-12)33(36)37/h4-9H,3,10H2,1-2H3,(H,30,35). The fraction of sp³-hybridized carbons (Fsp3) is 0.318. The number of nitro groups is 1. The molecule has 1 unspecified atom stereocenters. The summed E-state index contributed by atoms with van der Waals surface area (Å²) in [6.07, 6.45) is -9.78. The lowest BCUT2D eigenvalue weighted by molar-refractivity contribution is -0.388. The van der Waals surface area contributed by atoms with E-state index in [1.807, 2.05) is 0 Å². The molecule has 1 N–H and O–H groups in total. The van der Waals surface area contributed by atoms with Gasteiger partial charge in [-0.25, -0.2) is 9.80 Å². The van der Waals surface area contributed by atoms with Crippen LogP contribution < -0.4 is 5.32 Å². The summed E-state index contributed by atoms with van der Waals surface area (Å²) in [6.45, 7) is 2.28. The van der Waals surface area contributed by atoms with Crippen LogP contribution in [-0.2, 0) is 21.9 Å². The summed E-state index contributed by atoms with van der Waals surface area (Å²) >= 11 is 5.80. The Balaban J connectivity index is 1.99. The van der Waals surface area contributed by atoms with E-state index in [-0.39, 0.29) is 23.6 Å². The number of esters is 1. The van der Waals surface area contributed by atoms with Crippen LogP contribution in [0.4, 0.5) is 42.5 Å². The van der Waals surface area contributed by atoms with Crippen LogP contribution in [0.25, 0.3) is 0 Å². The molecule has 38 heavy (non-hydrogen) atoms. The zero-order chi connectivity index (χ0) is 28.6. The Bertz CT molecular complexity index is 1330. The fourth-order valence-electron chi connectivity index (χ4n) is 3.67. The molecule has 3 rings (SSSR count). The molecule has 0 fully saturated rings. The highest BCUT2D eigenvalue weighted by Crippen LogP contribution is 2.39. The van der Waals surface area contributed by atoms with E-state index in [0.717, 1.165) is 18.2 Å². The van der Waals surface area contributed by atoms with Crippen molar-refractivity contribution in [3.05, 3.63) is 68.2 Å². The number of alkyl halides is 6. The molecule has 1 heterocycles. The highest BCUT2D eigenvalue weighted by Gasteiger charge is 2.49. The lowest BCUT2D eigenvalue weighted by atomic mass is 9.82. The molecule has 204 valence electrons. The van der Waals surface area contributed by atoms with Gasteiger partial charge in [0.25, 0.3) is 5.69 Å². The lowest BCUT2D eigenvalue weighted by Crippen LogP contribution is -2.42. The topological polar surface area (TPSA) is 114 Å². The van der Waals surface area contributed by atoms with Crippen molar-refractivity contribution in [2.24, 2.45) is 10.5 Å². The molecule has 1 atom stereocenters. The maximum absolute atomic E-state index is 13.1. The minimum absolute atomic E-state index is 0.0287. The van der Waals surface area contributed by atoms with Gasteiger partial charge < -0.3 is 10.1 Å². The molecule has 0 spiro atoms. The average Bonchev–Trinajstić information content (AvgIpc) is 3.16. The van der Waals surface area contributed by atoms with Crippen molar-refractivity contribution in [2.45, 2.75) is 26.2 Å². The van der Waals surface area contributed by atoms with Gasteiger partial charge in [-0.3, -0.25) is 14.9 Å². The van der Waals surface area contributed by atoms with E-state index in [2.05, 4.69) is 10.4 Å². The normalized spacial score (nSPS) is 17.7. The Hall–Kier alpha value is -3.88. The maximum atomic E-state index is 13.1. The molecule has 9 nitrogen and oxygen atoms in total. The predicted octanol–water partition coefficient (Wildman–Crippen LogP) is 6.11. The molecule has 0 aromatic heterocycles. The summed E-state index contributed by atoms with van der Waals surface area (Å²) in [5.41, 5.74) is -6.23. The molecule has 1 aliphatic heterocycles. The Morgan fingerprint density at radius 2 is 1.74 bits per heavy atom. The first-order valence-electron chi connectivity index (χ1n) is 10.6. The first-order valence-corrected chi connectivity index (χ1v) is 10.9. The van der Waals surface area contributed by atoms with Gasteiger partial charge >= 0.3 is 24.4 Å². The van der Waals surface area contributed by atoms with E-state index in [1.165, 1.54) is 13.8 Å². The number of anilines is 1. The van der Waals surface area contributed by atoms with Gasteiger partial charge in [-0.2, -0.15) is 31.4 Å². The van der Waals surface area contributed by atoms with E-state index in [1.54, 1.807) is 0 Å². The second-order valence-corrected chi connectivity index (χ2v) is 8.58. The van der Waals surface area contributed by atoms with E-state index >= 15 is 0 Å². The van der Waals surface area contributed by atoms with Gasteiger partial charge in [-0.05, 0) is 38.1 Å². The zero-order valence-corrected chi connectivity index (χ0v) is 20.2. The summed E-state index contributed by atoms with van der Waals surface area (Å²) < 4.78 is 83.6. The molecule has 2 amide bonds. The Morgan fingerprint density at radius 1 is 1.13 bits per heavy atom. The van der Waals surface area contributed by atoms with Crippen LogP contribution in [0.1, 0.15) is 30.5 Å². The predicted molar refractivity (Wildman–Crippen MR) is 122 cm³/mol. The number of hydrazone groups is 1. The van der Waals surface area contributed by atoms with Crippen LogP contribution in [0.2, 0.25) is 5.02 Å². The maximum Gasteiger partial charge on any atom is 0.423 e. The molecule has 2 aromatic carbocycles. The van der Waals surface area contributed by atoms with Crippen LogP contribution in [0.3, 0.4) is 0 Å². The number of ether oxygens (including phenoxy) is 1. The quantitative estimate of drug-likeness (QED) is 0.203. The van der Waals surface area contributed by atoms with E-state index < -0.39 is 63.1 Å². The molecule has 16 heteroatoms. The number of benzene rings is 2. The molecule has 0 radical (unpaired) electrons. The van der Waals surface area contributed by atoms with Gasteiger partial charge in [0.05, 0.1) is 34.4 Å². The highest BCUT2D eigenvalue weighted by atomic mass is 35.5. The minimum atomic E-state index is -5.02. The van der Waals surface area contributed by atoms with Gasteiger partial charge in [-0.1, -0.05) is 17.7 Å². The van der Waals surface area contributed by atoms with Crippen LogP contribution in [-0.4, -0.2) is 40.8 Å². The van der Waals surface area contributed by atoms with Gasteiger partial charge in [0.2, 0.25) is 0 Å². The molecule has 1 aliphatic rings. The monoisotopic (exact) mass is 566 g/mol. The first kappa shape index (κ1) is 28.7. The summed E-state index contributed by atoms with van der Waals surface area (Å²) in [5.74, 6) is -0.866. The van der Waals surface area contributed by atoms with Gasteiger partial charge in [0.1, 0.15) is 11.0 Å². The second kappa shape index (κ2) is 10.1. The zero-order valence-electron chi connectivity index (χ0n) is 19.4. The van der Waals surface area contributed by atoms with Crippen LogP contribution in [0, 0.1) is 15.5 Å². The number of hydrogen-bond acceptors (Lipinski definition) is 6. The molecular formula is C22H17ClF6N4O5. The van der Waals surface area contributed by atoms with Crippen molar-refractivity contribution in [1.82, 2.24) is 5.01 Å². The minimum Gasteiger partial charge on any atom is -0.465 e. The van der Waals surface area contributed by atoms with Crippen LogP contribution in [0.5, 0.6) is 0 Å². The van der Waals surface area contributed by atoms with E-state index in [9.17, 15) is 46.0 Å². The number of carbonyl (C=O) groups excluding carboxylic acids is 2. The largest absolute Gasteiger partial charge is 0.465 e. The number of amides is 2. The number of nitrogens with zero attached hydrogens (tertiary/aromatic N) is 3. The van der Waals surface area contributed by atoms with Crippen LogP contribution in [0.15, 0.2) is 41.5 Å². The number of nitrogens with one attached hydrogen (secondary N) is 1. The molecule has 0 saturated heterocycles. The number of carbonyl (C=O) groups is 2. The van der Waals surface area contributed by atoms with Gasteiger partial charge in [0, 0.05) is 17.3 Å². The third kappa shape index (κ3) is 5.66. The number of urea groups is 1. The van der Waals surface area contributed by atoms with Crippen molar-refractivity contribution < 1.29 is 45.6 Å². The molecule has 0 aliphatic carbocycles. The molecular weight excluding hydrogens is 550 g/mol. The lowest BCUT2D eigenvalue weighted by Gasteiger charge is -2.24. The summed E-state index contributed by atoms with van der Waals surface area (Å²) in [5, 5.41) is 17.3. The third-order valence-electron chi connectivity index (χ3n) is 5.47. The van der Waals surface area contributed by atoms with Crippen LogP contribution >= 0.6 is 11.6 Å². The fourth-order valence-corrected chi connectivity index (χ4v) is 3.95. The number of rotatable bonds is 5. The number of halogens is 7. The Morgan fingerprint density at radius 3 is 2.26 bits per heavy atom. The molecule has 2 aromatic rings. The SMILES string of the molecule is CCOC(=O)C1(C)CN(C(=O)Nc2ccc(C(F)(F)F)c([N+](=O)[O-])c2)N=C1c1ccc(C(F)(F)F)c(Cl)c1. The highest BCUT2D eigenvalue weighted by molar-refractivity contribution is 6.32. The van der Waals surface area contributed by atoms with Crippen molar-refractivity contribution in [2.75, 3.05) is 18.5 Å². The smallest absolute Gasteiger partial charge is 0.423 e.